The van der Waals surface area contributed by atoms with Gasteiger partial charge >= 0.3 is 17.9 Å². The van der Waals surface area contributed by atoms with Crippen molar-refractivity contribution in [2.45, 2.75) is 90.9 Å². The summed E-state index contributed by atoms with van der Waals surface area (Å²) in [7, 11) is 0. The molecule has 0 aliphatic heterocycles. The van der Waals surface area contributed by atoms with E-state index < -0.39 is 17.9 Å². The molecule has 4 aromatic rings. The van der Waals surface area contributed by atoms with Crippen molar-refractivity contribution in [3.8, 4) is 39.5 Å². The highest BCUT2D eigenvalue weighted by Gasteiger charge is 2.23. The van der Waals surface area contributed by atoms with Crippen LogP contribution in [0, 0.1) is 5.92 Å². The van der Waals surface area contributed by atoms with E-state index in [4.69, 9.17) is 14.2 Å². The predicted octanol–water partition coefficient (Wildman–Crippen LogP) is 10.1. The second kappa shape index (κ2) is 20.0. The Bertz CT molecular complexity index is 2030. The Balaban J connectivity index is 1.50. The summed E-state index contributed by atoms with van der Waals surface area (Å²) < 4.78 is 17.4. The molecule has 0 radical (unpaired) electrons. The van der Waals surface area contributed by atoms with Crippen LogP contribution >= 0.6 is 0 Å². The van der Waals surface area contributed by atoms with Gasteiger partial charge in [0.25, 0.3) is 0 Å². The molecule has 294 valence electrons. The third-order valence-corrected chi connectivity index (χ3v) is 10.4. The standard InChI is InChI=1S/C48H54O8/c1-6-7-8-9-33-10-12-36(13-11-33)37-14-16-38(17-15-37)48(53)56-45-30-39(40-24-34(20-22-49)26-42(28-40)54-46(51)31(2)3)18-19-44(45)41-25-35(21-23-50)27-43(29-41)55-47(52)32(4)5/h14-19,24-30,33,36,49-50H,2,4,6-13,20-23H2,1,3,5H3. The lowest BCUT2D eigenvalue weighted by atomic mass is 9.77. The second-order valence-corrected chi connectivity index (χ2v) is 15.0. The molecule has 1 aliphatic carbocycles. The third-order valence-electron chi connectivity index (χ3n) is 10.4. The van der Waals surface area contributed by atoms with Crippen LogP contribution in [-0.2, 0) is 22.4 Å². The summed E-state index contributed by atoms with van der Waals surface area (Å²) in [5, 5.41) is 19.5. The maximum absolute atomic E-state index is 13.9. The van der Waals surface area contributed by atoms with Crippen LogP contribution in [0.4, 0.5) is 0 Å². The Kier molecular flexibility index (Phi) is 15.0. The number of hydrogen-bond acceptors (Lipinski definition) is 8. The van der Waals surface area contributed by atoms with E-state index in [2.05, 4.69) is 20.1 Å². The van der Waals surface area contributed by atoms with Crippen molar-refractivity contribution in [3.05, 3.63) is 125 Å². The molecule has 2 N–H and O–H groups in total. The van der Waals surface area contributed by atoms with Crippen molar-refractivity contribution in [1.82, 2.24) is 0 Å². The largest absolute Gasteiger partial charge is 0.423 e. The molecule has 0 unspecified atom stereocenters. The number of carbonyl (C=O) groups is 3. The van der Waals surface area contributed by atoms with Gasteiger partial charge in [-0.3, -0.25) is 0 Å². The van der Waals surface area contributed by atoms with E-state index in [0.717, 1.165) is 24.3 Å². The fraction of sp³-hybridized carbons (Fsp3) is 0.354. The average Bonchev–Trinajstić information content (AvgIpc) is 3.18. The van der Waals surface area contributed by atoms with Crippen molar-refractivity contribution in [2.24, 2.45) is 5.92 Å². The molecule has 0 aromatic heterocycles. The summed E-state index contributed by atoms with van der Waals surface area (Å²) in [5.41, 5.74) is 6.03. The van der Waals surface area contributed by atoms with Gasteiger partial charge in [-0.25, -0.2) is 14.4 Å². The number of aliphatic hydroxyl groups excluding tert-OH is 2. The highest BCUT2D eigenvalue weighted by molar-refractivity contribution is 5.93. The van der Waals surface area contributed by atoms with Gasteiger partial charge < -0.3 is 24.4 Å². The van der Waals surface area contributed by atoms with Gasteiger partial charge in [-0.1, -0.05) is 82.2 Å². The highest BCUT2D eigenvalue weighted by Crippen LogP contribution is 2.40. The van der Waals surface area contributed by atoms with Crippen LogP contribution in [0.25, 0.3) is 22.3 Å². The van der Waals surface area contributed by atoms with E-state index in [0.29, 0.717) is 52.1 Å². The zero-order chi connectivity index (χ0) is 40.2. The van der Waals surface area contributed by atoms with Crippen LogP contribution < -0.4 is 14.2 Å². The van der Waals surface area contributed by atoms with E-state index in [-0.39, 0.29) is 41.6 Å². The first-order valence-electron chi connectivity index (χ1n) is 19.7. The lowest BCUT2D eigenvalue weighted by Gasteiger charge is -2.29. The summed E-state index contributed by atoms with van der Waals surface area (Å²) in [6.45, 7) is 12.5. The average molecular weight is 759 g/mol. The highest BCUT2D eigenvalue weighted by atomic mass is 16.5. The van der Waals surface area contributed by atoms with Gasteiger partial charge in [0.15, 0.2) is 0 Å². The number of ether oxygens (including phenoxy) is 3. The Morgan fingerprint density at radius 1 is 0.661 bits per heavy atom. The van der Waals surface area contributed by atoms with Crippen LogP contribution in [0.5, 0.6) is 17.2 Å². The Labute approximate surface area is 330 Å². The van der Waals surface area contributed by atoms with E-state index >= 15 is 0 Å². The molecule has 0 spiro atoms. The van der Waals surface area contributed by atoms with Gasteiger partial charge in [0.2, 0.25) is 0 Å². The normalized spacial score (nSPS) is 15.2. The SMILES string of the molecule is C=C(C)C(=O)Oc1cc(CCO)cc(-c2ccc(-c3cc(CCO)cc(OC(=O)C(=C)C)c3)c(OC(=O)c3ccc(C4CCC(CCCCC)CC4)cc3)c2)c1. The molecule has 8 heteroatoms. The molecular formula is C48H54O8. The Morgan fingerprint density at radius 2 is 1.23 bits per heavy atom. The third kappa shape index (κ3) is 11.4. The maximum Gasteiger partial charge on any atom is 0.343 e. The molecule has 56 heavy (non-hydrogen) atoms. The number of benzene rings is 4. The van der Waals surface area contributed by atoms with Crippen molar-refractivity contribution in [2.75, 3.05) is 13.2 Å². The number of carbonyl (C=O) groups excluding carboxylic acids is 3. The molecule has 0 atom stereocenters. The number of rotatable bonds is 17. The summed E-state index contributed by atoms with van der Waals surface area (Å²) >= 11 is 0. The Hall–Kier alpha value is -5.31. The van der Waals surface area contributed by atoms with Crippen LogP contribution in [0.3, 0.4) is 0 Å². The van der Waals surface area contributed by atoms with Gasteiger partial charge in [0, 0.05) is 29.9 Å². The molecule has 1 fully saturated rings. The molecule has 0 saturated heterocycles. The quantitative estimate of drug-likeness (QED) is 0.0473. The van der Waals surface area contributed by atoms with Crippen molar-refractivity contribution >= 4 is 17.9 Å². The topological polar surface area (TPSA) is 119 Å². The van der Waals surface area contributed by atoms with Crippen molar-refractivity contribution in [1.29, 1.82) is 0 Å². The van der Waals surface area contributed by atoms with E-state index in [9.17, 15) is 24.6 Å². The zero-order valence-electron chi connectivity index (χ0n) is 32.9. The fourth-order valence-electron chi connectivity index (χ4n) is 7.24. The van der Waals surface area contributed by atoms with Crippen molar-refractivity contribution in [3.63, 3.8) is 0 Å². The molecule has 1 saturated carbocycles. The van der Waals surface area contributed by atoms with Gasteiger partial charge in [0.05, 0.1) is 5.56 Å². The van der Waals surface area contributed by atoms with Gasteiger partial charge in [-0.15, -0.1) is 0 Å². The fourth-order valence-corrected chi connectivity index (χ4v) is 7.24. The van der Waals surface area contributed by atoms with Gasteiger partial charge in [-0.05, 0) is 140 Å². The molecule has 0 bridgehead atoms. The number of hydrogen-bond donors (Lipinski definition) is 2. The second-order valence-electron chi connectivity index (χ2n) is 15.0. The molecule has 4 aromatic carbocycles. The smallest absolute Gasteiger partial charge is 0.343 e. The van der Waals surface area contributed by atoms with Crippen LogP contribution in [0.1, 0.15) is 105 Å². The lowest BCUT2D eigenvalue weighted by Crippen LogP contribution is -2.14. The number of aliphatic hydroxyl groups is 2. The minimum Gasteiger partial charge on any atom is -0.423 e. The summed E-state index contributed by atoms with van der Waals surface area (Å²) in [4.78, 5) is 38.8. The minimum atomic E-state index is -0.589. The minimum absolute atomic E-state index is 0.110. The van der Waals surface area contributed by atoms with Gasteiger partial charge in [0.1, 0.15) is 17.2 Å². The first-order chi connectivity index (χ1) is 27.0. The predicted molar refractivity (Wildman–Crippen MR) is 220 cm³/mol. The molecule has 8 nitrogen and oxygen atoms in total. The summed E-state index contributed by atoms with van der Waals surface area (Å²) in [6.07, 6.45) is 10.6. The number of unbranched alkanes of at least 4 members (excludes halogenated alkanes) is 2. The van der Waals surface area contributed by atoms with E-state index in [1.165, 1.54) is 44.1 Å². The van der Waals surface area contributed by atoms with Gasteiger partial charge in [-0.2, -0.15) is 0 Å². The van der Waals surface area contributed by atoms with Crippen LogP contribution in [-0.4, -0.2) is 41.3 Å². The zero-order valence-corrected chi connectivity index (χ0v) is 32.9. The summed E-state index contributed by atoms with van der Waals surface area (Å²) in [5.74, 6) is 0.364. The molecule has 0 heterocycles. The molecular weight excluding hydrogens is 705 g/mol. The van der Waals surface area contributed by atoms with Crippen LogP contribution in [0.2, 0.25) is 0 Å². The van der Waals surface area contributed by atoms with Crippen LogP contribution in [0.15, 0.2) is 103 Å². The number of esters is 3. The monoisotopic (exact) mass is 758 g/mol. The molecule has 1 aliphatic rings. The van der Waals surface area contributed by atoms with Crippen molar-refractivity contribution < 1.29 is 38.8 Å². The maximum atomic E-state index is 13.9. The lowest BCUT2D eigenvalue weighted by molar-refractivity contribution is -0.130. The molecule has 0 amide bonds. The van der Waals surface area contributed by atoms with E-state index in [1.54, 1.807) is 50.2 Å². The Morgan fingerprint density at radius 3 is 1.79 bits per heavy atom. The first kappa shape index (κ1) is 41.8. The summed E-state index contributed by atoms with van der Waals surface area (Å²) in [6, 6.07) is 23.6. The molecule has 5 rings (SSSR count). The van der Waals surface area contributed by atoms with E-state index in [1.807, 2.05) is 42.5 Å². The first-order valence-corrected chi connectivity index (χ1v) is 19.7.